The smallest absolute Gasteiger partial charge is 0.377 e. The lowest BCUT2D eigenvalue weighted by molar-refractivity contribution is 0.0680. The van der Waals surface area contributed by atoms with Crippen LogP contribution in [0.3, 0.4) is 0 Å². The van der Waals surface area contributed by atoms with E-state index in [0.29, 0.717) is 5.56 Å². The molecule has 2 rings (SSSR count). The largest absolute Gasteiger partial charge is 0.475 e. The van der Waals surface area contributed by atoms with E-state index in [-0.39, 0.29) is 11.7 Å². The zero-order valence-electron chi connectivity index (χ0n) is 9.41. The summed E-state index contributed by atoms with van der Waals surface area (Å²) in [6.07, 6.45) is 0. The Morgan fingerprint density at radius 3 is 2.41 bits per heavy atom. The summed E-state index contributed by atoms with van der Waals surface area (Å²) in [6, 6.07) is 7.38. The maximum Gasteiger partial charge on any atom is 0.377 e. The van der Waals surface area contributed by atoms with Crippen LogP contribution >= 0.6 is 0 Å². The minimum atomic E-state index is -1.20. The summed E-state index contributed by atoms with van der Waals surface area (Å²) in [5, 5.41) is 12.0. The van der Waals surface area contributed by atoms with Gasteiger partial charge in [0.25, 0.3) is 11.7 Å². The zero-order valence-corrected chi connectivity index (χ0v) is 9.41. The molecule has 0 aliphatic carbocycles. The van der Waals surface area contributed by atoms with Gasteiger partial charge in [0.2, 0.25) is 0 Å². The Hall–Kier alpha value is -2.37. The predicted molar refractivity (Wildman–Crippen MR) is 61.0 cm³/mol. The molecule has 88 valence electrons. The molecule has 0 bridgehead atoms. The zero-order chi connectivity index (χ0) is 12.4. The van der Waals surface area contributed by atoms with E-state index in [4.69, 9.17) is 9.63 Å². The van der Waals surface area contributed by atoms with Gasteiger partial charge in [-0.1, -0.05) is 0 Å². The Kier molecular flexibility index (Phi) is 2.78. The molecule has 2 aromatic rings. The number of carboxylic acids is 1. The van der Waals surface area contributed by atoms with E-state index in [1.54, 1.807) is 12.1 Å². The Morgan fingerprint density at radius 1 is 1.29 bits per heavy atom. The van der Waals surface area contributed by atoms with Crippen molar-refractivity contribution in [2.45, 2.75) is 0 Å². The highest BCUT2D eigenvalue weighted by Crippen LogP contribution is 2.20. The predicted octanol–water partition coefficient (Wildman–Crippen LogP) is 1.50. The summed E-state index contributed by atoms with van der Waals surface area (Å²) in [4.78, 5) is 16.3. The molecule has 6 nitrogen and oxygen atoms in total. The van der Waals surface area contributed by atoms with Crippen LogP contribution in [0.4, 0.5) is 5.69 Å². The minimum Gasteiger partial charge on any atom is -0.475 e. The third kappa shape index (κ3) is 2.25. The molecule has 0 atom stereocenters. The normalized spacial score (nSPS) is 10.2. The summed E-state index contributed by atoms with van der Waals surface area (Å²) in [5.74, 6) is -1.34. The number of carbonyl (C=O) groups is 1. The fourth-order valence-electron chi connectivity index (χ4n) is 1.33. The Balaban J connectivity index is 2.30. The molecule has 1 aromatic heterocycles. The number of aromatic carboxylic acids is 1. The molecular formula is C11H11N3O3. The topological polar surface area (TPSA) is 79.5 Å². The van der Waals surface area contributed by atoms with Crippen molar-refractivity contribution in [3.05, 3.63) is 30.1 Å². The van der Waals surface area contributed by atoms with Crippen molar-refractivity contribution in [1.82, 2.24) is 10.1 Å². The molecule has 0 radical (unpaired) electrons. The first-order chi connectivity index (χ1) is 8.08. The quantitative estimate of drug-likeness (QED) is 0.865. The number of hydrogen-bond acceptors (Lipinski definition) is 5. The highest BCUT2D eigenvalue weighted by atomic mass is 16.5. The van der Waals surface area contributed by atoms with Gasteiger partial charge in [-0.15, -0.1) is 0 Å². The van der Waals surface area contributed by atoms with Crippen LogP contribution < -0.4 is 4.90 Å². The van der Waals surface area contributed by atoms with E-state index in [1.165, 1.54) is 0 Å². The molecule has 0 aliphatic heterocycles. The van der Waals surface area contributed by atoms with Crippen LogP contribution in [0.25, 0.3) is 11.5 Å². The maximum absolute atomic E-state index is 10.6. The molecule has 1 N–H and O–H groups in total. The number of nitrogens with zero attached hydrogens (tertiary/aromatic N) is 3. The molecule has 6 heteroatoms. The van der Waals surface area contributed by atoms with E-state index >= 15 is 0 Å². The molecule has 0 saturated heterocycles. The van der Waals surface area contributed by atoms with Crippen molar-refractivity contribution >= 4 is 11.7 Å². The third-order valence-electron chi connectivity index (χ3n) is 2.25. The maximum atomic E-state index is 10.6. The van der Waals surface area contributed by atoms with Gasteiger partial charge < -0.3 is 14.5 Å². The van der Waals surface area contributed by atoms with Crippen LogP contribution in [0.2, 0.25) is 0 Å². The molecule has 1 heterocycles. The lowest BCUT2D eigenvalue weighted by atomic mass is 10.2. The summed E-state index contributed by atoms with van der Waals surface area (Å²) in [7, 11) is 3.87. The van der Waals surface area contributed by atoms with Gasteiger partial charge in [-0.25, -0.2) is 4.79 Å². The van der Waals surface area contributed by atoms with Gasteiger partial charge in [-0.3, -0.25) is 0 Å². The van der Waals surface area contributed by atoms with E-state index in [0.717, 1.165) is 5.69 Å². The number of carboxylic acid groups (broad SMARTS) is 1. The average Bonchev–Trinajstić information content (AvgIpc) is 2.78. The molecule has 0 saturated carbocycles. The van der Waals surface area contributed by atoms with E-state index < -0.39 is 5.97 Å². The fourth-order valence-corrected chi connectivity index (χ4v) is 1.33. The Bertz CT molecular complexity index is 531. The summed E-state index contributed by atoms with van der Waals surface area (Å²) >= 11 is 0. The highest BCUT2D eigenvalue weighted by Gasteiger charge is 2.13. The average molecular weight is 233 g/mol. The van der Waals surface area contributed by atoms with E-state index in [1.807, 2.05) is 31.1 Å². The van der Waals surface area contributed by atoms with Crippen molar-refractivity contribution in [2.75, 3.05) is 19.0 Å². The van der Waals surface area contributed by atoms with Crippen LogP contribution in [0, 0.1) is 0 Å². The van der Waals surface area contributed by atoms with Gasteiger partial charge in [0, 0.05) is 25.3 Å². The molecule has 1 aromatic carbocycles. The molecule has 0 amide bonds. The second-order valence-corrected chi connectivity index (χ2v) is 3.67. The van der Waals surface area contributed by atoms with Gasteiger partial charge in [0.05, 0.1) is 0 Å². The number of hydrogen-bond donors (Lipinski definition) is 1. The lowest BCUT2D eigenvalue weighted by Crippen LogP contribution is -2.07. The van der Waals surface area contributed by atoms with Crippen molar-refractivity contribution < 1.29 is 14.4 Å². The molecule has 0 aliphatic rings. The highest BCUT2D eigenvalue weighted by molar-refractivity contribution is 5.83. The fraction of sp³-hybridized carbons (Fsp3) is 0.182. The number of benzene rings is 1. The number of rotatable bonds is 3. The monoisotopic (exact) mass is 233 g/mol. The van der Waals surface area contributed by atoms with Gasteiger partial charge in [0.1, 0.15) is 0 Å². The summed E-state index contributed by atoms with van der Waals surface area (Å²) in [6.45, 7) is 0. The van der Waals surface area contributed by atoms with Crippen LogP contribution in [-0.4, -0.2) is 35.3 Å². The Morgan fingerprint density at radius 2 is 1.94 bits per heavy atom. The lowest BCUT2D eigenvalue weighted by Gasteiger charge is -2.11. The summed E-state index contributed by atoms with van der Waals surface area (Å²) < 4.78 is 4.86. The van der Waals surface area contributed by atoms with Gasteiger partial charge in [-0.2, -0.15) is 4.98 Å². The van der Waals surface area contributed by atoms with E-state index in [9.17, 15) is 4.79 Å². The molecule has 17 heavy (non-hydrogen) atoms. The standard InChI is InChI=1S/C11H11N3O3/c1-14(2)8-5-3-7(4-6-8)10-12-9(11(15)16)13-17-10/h3-6H,1-2H3,(H,15,16). The van der Waals surface area contributed by atoms with Crippen LogP contribution in [-0.2, 0) is 0 Å². The third-order valence-corrected chi connectivity index (χ3v) is 2.25. The first-order valence-electron chi connectivity index (χ1n) is 4.92. The van der Waals surface area contributed by atoms with Crippen LogP contribution in [0.5, 0.6) is 0 Å². The molecule has 0 fully saturated rings. The second kappa shape index (κ2) is 4.25. The van der Waals surface area contributed by atoms with Crippen molar-refractivity contribution in [2.24, 2.45) is 0 Å². The molecule has 0 spiro atoms. The molecular weight excluding hydrogens is 222 g/mol. The first-order valence-corrected chi connectivity index (χ1v) is 4.92. The SMILES string of the molecule is CN(C)c1ccc(-c2nc(C(=O)O)no2)cc1. The number of anilines is 1. The Labute approximate surface area is 97.5 Å². The van der Waals surface area contributed by atoms with E-state index in [2.05, 4.69) is 10.1 Å². The minimum absolute atomic E-state index is 0.202. The van der Waals surface area contributed by atoms with Gasteiger partial charge in [0.15, 0.2) is 0 Å². The van der Waals surface area contributed by atoms with Gasteiger partial charge in [-0.05, 0) is 29.4 Å². The van der Waals surface area contributed by atoms with Crippen LogP contribution in [0.1, 0.15) is 10.6 Å². The van der Waals surface area contributed by atoms with Gasteiger partial charge >= 0.3 is 5.97 Å². The second-order valence-electron chi connectivity index (χ2n) is 3.67. The van der Waals surface area contributed by atoms with Crippen molar-refractivity contribution in [3.8, 4) is 11.5 Å². The van der Waals surface area contributed by atoms with Crippen LogP contribution in [0.15, 0.2) is 28.8 Å². The molecule has 0 unspecified atom stereocenters. The van der Waals surface area contributed by atoms with Crippen molar-refractivity contribution in [3.63, 3.8) is 0 Å². The number of aromatic nitrogens is 2. The van der Waals surface area contributed by atoms with Crippen molar-refractivity contribution in [1.29, 1.82) is 0 Å². The first kappa shape index (κ1) is 11.1. The summed E-state index contributed by atoms with van der Waals surface area (Å²) in [5.41, 5.74) is 1.72.